The first-order chi connectivity index (χ1) is 7.09. The van der Waals surface area contributed by atoms with E-state index in [1.807, 2.05) is 25.2 Å². The SMILES string of the molecule is Cn1nc(Br)c2cccc(NC(N)=S)c21. The highest BCUT2D eigenvalue weighted by Crippen LogP contribution is 2.28. The van der Waals surface area contributed by atoms with Gasteiger partial charge in [-0.25, -0.2) is 0 Å². The monoisotopic (exact) mass is 284 g/mol. The number of nitrogens with zero attached hydrogens (tertiary/aromatic N) is 2. The van der Waals surface area contributed by atoms with Crippen molar-refractivity contribution >= 4 is 49.9 Å². The van der Waals surface area contributed by atoms with E-state index in [0.717, 1.165) is 21.2 Å². The maximum Gasteiger partial charge on any atom is 0.168 e. The van der Waals surface area contributed by atoms with Crippen LogP contribution in [0.3, 0.4) is 0 Å². The summed E-state index contributed by atoms with van der Waals surface area (Å²) in [7, 11) is 1.87. The van der Waals surface area contributed by atoms with E-state index in [0.29, 0.717) is 0 Å². The summed E-state index contributed by atoms with van der Waals surface area (Å²) in [4.78, 5) is 0. The number of anilines is 1. The molecule has 1 aromatic carbocycles. The fourth-order valence-electron chi connectivity index (χ4n) is 1.53. The zero-order chi connectivity index (χ0) is 11.0. The maximum atomic E-state index is 5.45. The fraction of sp³-hybridized carbons (Fsp3) is 0.111. The predicted octanol–water partition coefficient (Wildman–Crippen LogP) is 1.99. The minimum atomic E-state index is 0.250. The van der Waals surface area contributed by atoms with Crippen LogP contribution in [0, 0.1) is 0 Å². The number of thiocarbonyl (C=S) groups is 1. The summed E-state index contributed by atoms with van der Waals surface area (Å²) in [6, 6.07) is 5.82. The van der Waals surface area contributed by atoms with Crippen molar-refractivity contribution in [1.82, 2.24) is 9.78 Å². The Bertz CT molecular complexity index is 534. The molecule has 0 bridgehead atoms. The maximum absolute atomic E-state index is 5.45. The molecular weight excluding hydrogens is 276 g/mol. The van der Waals surface area contributed by atoms with E-state index in [9.17, 15) is 0 Å². The van der Waals surface area contributed by atoms with Crippen molar-refractivity contribution in [3.05, 3.63) is 22.8 Å². The van der Waals surface area contributed by atoms with Crippen LogP contribution in [0.25, 0.3) is 10.9 Å². The summed E-state index contributed by atoms with van der Waals surface area (Å²) < 4.78 is 2.59. The van der Waals surface area contributed by atoms with Crippen LogP contribution in [0.4, 0.5) is 5.69 Å². The van der Waals surface area contributed by atoms with Crippen LogP contribution in [0.2, 0.25) is 0 Å². The average Bonchev–Trinajstić information content (AvgIpc) is 2.43. The van der Waals surface area contributed by atoms with Crippen molar-refractivity contribution in [3.8, 4) is 0 Å². The van der Waals surface area contributed by atoms with Crippen LogP contribution < -0.4 is 11.1 Å². The Balaban J connectivity index is 2.69. The van der Waals surface area contributed by atoms with E-state index in [2.05, 4.69) is 26.3 Å². The minimum absolute atomic E-state index is 0.250. The molecule has 0 aliphatic heterocycles. The summed E-state index contributed by atoms with van der Waals surface area (Å²) in [5.41, 5.74) is 7.28. The molecule has 0 aliphatic rings. The van der Waals surface area contributed by atoms with Crippen molar-refractivity contribution in [2.24, 2.45) is 12.8 Å². The van der Waals surface area contributed by atoms with Crippen molar-refractivity contribution in [1.29, 1.82) is 0 Å². The molecule has 1 heterocycles. The number of hydrogen-bond acceptors (Lipinski definition) is 2. The van der Waals surface area contributed by atoms with Gasteiger partial charge in [0, 0.05) is 12.4 Å². The van der Waals surface area contributed by atoms with Gasteiger partial charge >= 0.3 is 0 Å². The lowest BCUT2D eigenvalue weighted by Crippen LogP contribution is -2.19. The lowest BCUT2D eigenvalue weighted by molar-refractivity contribution is 0.789. The number of halogens is 1. The van der Waals surface area contributed by atoms with Crippen LogP contribution in [0.1, 0.15) is 0 Å². The molecule has 0 fully saturated rings. The van der Waals surface area contributed by atoms with E-state index >= 15 is 0 Å². The van der Waals surface area contributed by atoms with Gasteiger partial charge in [-0.2, -0.15) is 5.10 Å². The van der Waals surface area contributed by atoms with Gasteiger partial charge in [0.1, 0.15) is 4.60 Å². The number of nitrogens with one attached hydrogen (secondary N) is 1. The molecule has 15 heavy (non-hydrogen) atoms. The van der Waals surface area contributed by atoms with Crippen LogP contribution in [-0.2, 0) is 7.05 Å². The second-order valence-corrected chi connectivity index (χ2v) is 4.30. The van der Waals surface area contributed by atoms with Gasteiger partial charge in [0.2, 0.25) is 0 Å². The molecule has 2 aromatic rings. The van der Waals surface area contributed by atoms with Gasteiger partial charge in [0.15, 0.2) is 5.11 Å². The third kappa shape index (κ3) is 1.82. The van der Waals surface area contributed by atoms with Gasteiger partial charge in [-0.15, -0.1) is 0 Å². The summed E-state index contributed by atoms with van der Waals surface area (Å²) in [5, 5.41) is 8.47. The number of fused-ring (bicyclic) bond motifs is 1. The zero-order valence-electron chi connectivity index (χ0n) is 7.99. The average molecular weight is 285 g/mol. The first kappa shape index (κ1) is 10.4. The standard InChI is InChI=1S/C9H9BrN4S/c1-14-7-5(8(10)13-14)3-2-4-6(7)12-9(11)15/h2-4H,1H3,(H3,11,12,15). The number of aromatic nitrogens is 2. The number of nitrogens with two attached hydrogens (primary N) is 1. The molecule has 3 N–H and O–H groups in total. The quantitative estimate of drug-likeness (QED) is 0.787. The first-order valence-corrected chi connectivity index (χ1v) is 5.47. The fourth-order valence-corrected chi connectivity index (χ4v) is 2.20. The van der Waals surface area contributed by atoms with Crippen LogP contribution >= 0.6 is 28.1 Å². The van der Waals surface area contributed by atoms with Crippen molar-refractivity contribution in [3.63, 3.8) is 0 Å². The van der Waals surface area contributed by atoms with Gasteiger partial charge in [-0.3, -0.25) is 4.68 Å². The van der Waals surface area contributed by atoms with Crippen molar-refractivity contribution < 1.29 is 0 Å². The van der Waals surface area contributed by atoms with Gasteiger partial charge in [-0.05, 0) is 40.3 Å². The number of para-hydroxylation sites is 1. The number of rotatable bonds is 1. The molecule has 0 unspecified atom stereocenters. The lowest BCUT2D eigenvalue weighted by atomic mass is 10.2. The van der Waals surface area contributed by atoms with Crippen molar-refractivity contribution in [2.75, 3.05) is 5.32 Å². The molecular formula is C9H9BrN4S. The highest BCUT2D eigenvalue weighted by molar-refractivity contribution is 9.10. The van der Waals surface area contributed by atoms with Crippen LogP contribution in [0.5, 0.6) is 0 Å². The third-order valence-electron chi connectivity index (χ3n) is 2.08. The largest absolute Gasteiger partial charge is 0.376 e. The van der Waals surface area contributed by atoms with Crippen LogP contribution in [0.15, 0.2) is 22.8 Å². The number of aryl methyl sites for hydroxylation is 1. The van der Waals surface area contributed by atoms with E-state index in [1.54, 1.807) is 4.68 Å². The second kappa shape index (κ2) is 3.79. The molecule has 0 saturated heterocycles. The Morgan fingerprint density at radius 3 is 3.00 bits per heavy atom. The van der Waals surface area contributed by atoms with Gasteiger partial charge in [0.05, 0.1) is 11.2 Å². The Morgan fingerprint density at radius 2 is 2.33 bits per heavy atom. The normalized spacial score (nSPS) is 10.5. The first-order valence-electron chi connectivity index (χ1n) is 4.27. The van der Waals surface area contributed by atoms with E-state index in [4.69, 9.17) is 18.0 Å². The second-order valence-electron chi connectivity index (χ2n) is 3.11. The van der Waals surface area contributed by atoms with Crippen LogP contribution in [-0.4, -0.2) is 14.9 Å². The molecule has 4 nitrogen and oxygen atoms in total. The Morgan fingerprint density at radius 1 is 1.60 bits per heavy atom. The Hall–Kier alpha value is -1.14. The highest BCUT2D eigenvalue weighted by Gasteiger charge is 2.09. The minimum Gasteiger partial charge on any atom is -0.376 e. The summed E-state index contributed by atoms with van der Waals surface area (Å²) in [6.07, 6.45) is 0. The summed E-state index contributed by atoms with van der Waals surface area (Å²) in [5.74, 6) is 0. The third-order valence-corrected chi connectivity index (χ3v) is 2.77. The zero-order valence-corrected chi connectivity index (χ0v) is 10.4. The molecule has 6 heteroatoms. The number of hydrogen-bond donors (Lipinski definition) is 2. The smallest absolute Gasteiger partial charge is 0.168 e. The van der Waals surface area contributed by atoms with Gasteiger partial charge in [-0.1, -0.05) is 6.07 Å². The highest BCUT2D eigenvalue weighted by atomic mass is 79.9. The number of benzene rings is 1. The molecule has 0 atom stereocenters. The van der Waals surface area contributed by atoms with Gasteiger partial charge in [0.25, 0.3) is 0 Å². The molecule has 1 aromatic heterocycles. The molecule has 0 amide bonds. The van der Waals surface area contributed by atoms with E-state index in [-0.39, 0.29) is 5.11 Å². The molecule has 0 spiro atoms. The van der Waals surface area contributed by atoms with E-state index in [1.165, 1.54) is 0 Å². The lowest BCUT2D eigenvalue weighted by Gasteiger charge is -2.06. The Kier molecular flexibility index (Phi) is 2.62. The topological polar surface area (TPSA) is 55.9 Å². The Labute approximate surface area is 101 Å². The van der Waals surface area contributed by atoms with Gasteiger partial charge < -0.3 is 11.1 Å². The molecule has 2 rings (SSSR count). The van der Waals surface area contributed by atoms with Crippen molar-refractivity contribution in [2.45, 2.75) is 0 Å². The summed E-state index contributed by atoms with van der Waals surface area (Å²) in [6.45, 7) is 0. The van der Waals surface area contributed by atoms with E-state index < -0.39 is 0 Å². The predicted molar refractivity (Wildman–Crippen MR) is 68.8 cm³/mol. The molecule has 0 radical (unpaired) electrons. The molecule has 78 valence electrons. The summed E-state index contributed by atoms with van der Waals surface area (Å²) >= 11 is 8.21. The molecule has 0 aliphatic carbocycles. The molecule has 0 saturated carbocycles.